The van der Waals surface area contributed by atoms with Crippen LogP contribution in [0.4, 0.5) is 0 Å². The van der Waals surface area contributed by atoms with E-state index < -0.39 is 28.1 Å². The maximum absolute atomic E-state index is 12.9. The van der Waals surface area contributed by atoms with Crippen molar-refractivity contribution in [3.05, 3.63) is 65.7 Å². The van der Waals surface area contributed by atoms with Gasteiger partial charge >= 0.3 is 5.97 Å². The smallest absolute Gasteiger partial charge is 0.324 e. The molecule has 1 saturated heterocycles. The minimum absolute atomic E-state index is 0.0489. The lowest BCUT2D eigenvalue weighted by Crippen LogP contribution is -2.42. The molecule has 0 amide bonds. The van der Waals surface area contributed by atoms with E-state index in [-0.39, 0.29) is 11.6 Å². The predicted molar refractivity (Wildman–Crippen MR) is 88.8 cm³/mol. The third-order valence-electron chi connectivity index (χ3n) is 4.13. The molecular formula is C17H18N2O4S. The standard InChI is InChI=1S/C17H18N2O4S/c1-12-7-9-14(10-8-12)24(22,23)19-11-18-15(16(19)17(20)21)13-5-3-2-4-6-13/h2-10,15-16,18H,11H2,1H3,(H,20,21). The molecule has 2 atom stereocenters. The molecule has 1 aliphatic heterocycles. The Kier molecular flexibility index (Phi) is 4.40. The van der Waals surface area contributed by atoms with Gasteiger partial charge in [-0.05, 0) is 24.6 Å². The van der Waals surface area contributed by atoms with Crippen LogP contribution in [0.2, 0.25) is 0 Å². The third kappa shape index (κ3) is 2.93. The number of aliphatic carboxylic acids is 1. The Morgan fingerprint density at radius 3 is 2.33 bits per heavy atom. The van der Waals surface area contributed by atoms with Gasteiger partial charge in [-0.25, -0.2) is 8.42 Å². The molecular weight excluding hydrogens is 328 g/mol. The van der Waals surface area contributed by atoms with Crippen LogP contribution < -0.4 is 5.32 Å². The molecule has 2 aromatic carbocycles. The Labute approximate surface area is 140 Å². The van der Waals surface area contributed by atoms with E-state index in [2.05, 4.69) is 5.32 Å². The van der Waals surface area contributed by atoms with Crippen LogP contribution in [0.1, 0.15) is 17.2 Å². The number of aryl methyl sites for hydroxylation is 1. The second-order valence-corrected chi connectivity index (χ2v) is 7.63. The van der Waals surface area contributed by atoms with Gasteiger partial charge < -0.3 is 5.11 Å². The average molecular weight is 346 g/mol. The fourth-order valence-electron chi connectivity index (χ4n) is 2.87. The molecule has 126 valence electrons. The van der Waals surface area contributed by atoms with Crippen molar-refractivity contribution in [1.29, 1.82) is 0 Å². The summed E-state index contributed by atoms with van der Waals surface area (Å²) in [7, 11) is -3.90. The fourth-order valence-corrected chi connectivity index (χ4v) is 4.38. The lowest BCUT2D eigenvalue weighted by molar-refractivity contribution is -0.141. The minimum atomic E-state index is -3.90. The molecule has 6 nitrogen and oxygen atoms in total. The molecule has 1 heterocycles. The van der Waals surface area contributed by atoms with Gasteiger partial charge in [-0.15, -0.1) is 0 Å². The zero-order valence-electron chi connectivity index (χ0n) is 13.1. The van der Waals surface area contributed by atoms with Gasteiger partial charge in [0.1, 0.15) is 6.04 Å². The molecule has 3 rings (SSSR count). The van der Waals surface area contributed by atoms with Crippen LogP contribution in [0.3, 0.4) is 0 Å². The summed E-state index contributed by atoms with van der Waals surface area (Å²) in [6, 6.07) is 13.6. The molecule has 1 aliphatic rings. The van der Waals surface area contributed by atoms with E-state index >= 15 is 0 Å². The van der Waals surface area contributed by atoms with Crippen molar-refractivity contribution in [2.24, 2.45) is 0 Å². The summed E-state index contributed by atoms with van der Waals surface area (Å²) in [4.78, 5) is 11.9. The van der Waals surface area contributed by atoms with Crippen molar-refractivity contribution in [3.8, 4) is 0 Å². The van der Waals surface area contributed by atoms with E-state index in [0.29, 0.717) is 0 Å². The Morgan fingerprint density at radius 1 is 1.12 bits per heavy atom. The number of carboxylic acids is 1. The molecule has 0 aromatic heterocycles. The van der Waals surface area contributed by atoms with Crippen molar-refractivity contribution in [2.75, 3.05) is 6.67 Å². The van der Waals surface area contributed by atoms with Crippen molar-refractivity contribution in [3.63, 3.8) is 0 Å². The number of benzene rings is 2. The highest BCUT2D eigenvalue weighted by Crippen LogP contribution is 2.31. The zero-order valence-corrected chi connectivity index (χ0v) is 13.9. The molecule has 2 N–H and O–H groups in total. The average Bonchev–Trinajstić information content (AvgIpc) is 3.02. The van der Waals surface area contributed by atoms with Gasteiger partial charge in [-0.2, -0.15) is 4.31 Å². The summed E-state index contributed by atoms with van der Waals surface area (Å²) < 4.78 is 26.7. The predicted octanol–water partition coefficient (Wildman–Crippen LogP) is 1.74. The molecule has 2 aromatic rings. The van der Waals surface area contributed by atoms with E-state index in [1.54, 1.807) is 36.4 Å². The summed E-state index contributed by atoms with van der Waals surface area (Å²) in [5, 5.41) is 12.6. The van der Waals surface area contributed by atoms with E-state index in [4.69, 9.17) is 0 Å². The number of hydrogen-bond donors (Lipinski definition) is 2. The first-order valence-corrected chi connectivity index (χ1v) is 8.95. The van der Waals surface area contributed by atoms with E-state index in [9.17, 15) is 18.3 Å². The molecule has 2 unspecified atom stereocenters. The number of carboxylic acid groups (broad SMARTS) is 1. The molecule has 7 heteroatoms. The molecule has 0 spiro atoms. The van der Waals surface area contributed by atoms with Crippen molar-refractivity contribution in [2.45, 2.75) is 23.9 Å². The maximum atomic E-state index is 12.9. The summed E-state index contributed by atoms with van der Waals surface area (Å²) in [5.74, 6) is -1.18. The summed E-state index contributed by atoms with van der Waals surface area (Å²) >= 11 is 0. The van der Waals surface area contributed by atoms with Gasteiger partial charge in [-0.1, -0.05) is 48.0 Å². The van der Waals surface area contributed by atoms with E-state index in [0.717, 1.165) is 15.4 Å². The highest BCUT2D eigenvalue weighted by atomic mass is 32.2. The van der Waals surface area contributed by atoms with Crippen LogP contribution >= 0.6 is 0 Å². The van der Waals surface area contributed by atoms with E-state index in [1.807, 2.05) is 13.0 Å². The number of nitrogens with one attached hydrogen (secondary N) is 1. The summed E-state index contributed by atoms with van der Waals surface area (Å²) in [5.41, 5.74) is 1.68. The molecule has 0 bridgehead atoms. The number of sulfonamides is 1. The fraction of sp³-hybridized carbons (Fsp3) is 0.235. The highest BCUT2D eigenvalue weighted by molar-refractivity contribution is 7.89. The van der Waals surface area contributed by atoms with Crippen LogP contribution in [-0.2, 0) is 14.8 Å². The first-order valence-electron chi connectivity index (χ1n) is 7.51. The van der Waals surface area contributed by atoms with Gasteiger partial charge in [-0.3, -0.25) is 10.1 Å². The van der Waals surface area contributed by atoms with E-state index in [1.165, 1.54) is 12.1 Å². The molecule has 0 aliphatic carbocycles. The quantitative estimate of drug-likeness (QED) is 0.881. The first-order chi connectivity index (χ1) is 11.4. The summed E-state index contributed by atoms with van der Waals surface area (Å²) in [6.45, 7) is 1.81. The topological polar surface area (TPSA) is 86.7 Å². The van der Waals surface area contributed by atoms with Crippen molar-refractivity contribution in [1.82, 2.24) is 9.62 Å². The third-order valence-corrected chi connectivity index (χ3v) is 5.97. The number of nitrogens with zero attached hydrogens (tertiary/aromatic N) is 1. The van der Waals surface area contributed by atoms with Crippen LogP contribution in [0, 0.1) is 6.92 Å². The monoisotopic (exact) mass is 346 g/mol. The van der Waals surface area contributed by atoms with Crippen LogP contribution in [0.15, 0.2) is 59.5 Å². The van der Waals surface area contributed by atoms with Gasteiger partial charge in [0.15, 0.2) is 0 Å². The van der Waals surface area contributed by atoms with Crippen LogP contribution in [-0.4, -0.2) is 36.5 Å². The highest BCUT2D eigenvalue weighted by Gasteiger charge is 2.46. The lowest BCUT2D eigenvalue weighted by Gasteiger charge is -2.23. The number of carbonyl (C=O) groups is 1. The van der Waals surface area contributed by atoms with Crippen molar-refractivity contribution >= 4 is 16.0 Å². The maximum Gasteiger partial charge on any atom is 0.324 e. The molecule has 0 radical (unpaired) electrons. The number of hydrogen-bond acceptors (Lipinski definition) is 4. The Hall–Kier alpha value is -2.22. The van der Waals surface area contributed by atoms with Crippen LogP contribution in [0.5, 0.6) is 0 Å². The van der Waals surface area contributed by atoms with Gasteiger partial charge in [0.25, 0.3) is 0 Å². The molecule has 24 heavy (non-hydrogen) atoms. The van der Waals surface area contributed by atoms with Gasteiger partial charge in [0.05, 0.1) is 17.6 Å². The molecule has 0 saturated carbocycles. The van der Waals surface area contributed by atoms with Crippen molar-refractivity contribution < 1.29 is 18.3 Å². The normalized spacial score (nSPS) is 21.7. The Bertz CT molecular complexity index is 835. The van der Waals surface area contributed by atoms with Crippen LogP contribution in [0.25, 0.3) is 0 Å². The Morgan fingerprint density at radius 2 is 1.75 bits per heavy atom. The largest absolute Gasteiger partial charge is 0.480 e. The van der Waals surface area contributed by atoms with Gasteiger partial charge in [0, 0.05) is 0 Å². The zero-order chi connectivity index (χ0) is 17.3. The number of rotatable bonds is 4. The Balaban J connectivity index is 1.98. The first kappa shape index (κ1) is 16.6. The second kappa shape index (κ2) is 6.35. The van der Waals surface area contributed by atoms with Gasteiger partial charge in [0.2, 0.25) is 10.0 Å². The lowest BCUT2D eigenvalue weighted by atomic mass is 10.0. The molecule has 1 fully saturated rings. The summed E-state index contributed by atoms with van der Waals surface area (Å²) in [6.07, 6.45) is 0. The second-order valence-electron chi connectivity index (χ2n) is 5.74. The minimum Gasteiger partial charge on any atom is -0.480 e. The SMILES string of the molecule is Cc1ccc(S(=O)(=O)N2CNC(c3ccccc3)C2C(=O)O)cc1.